The zero-order chi connectivity index (χ0) is 12.8. The summed E-state index contributed by atoms with van der Waals surface area (Å²) in [6, 6.07) is 2.51. The largest absolute Gasteiger partial charge is 0.481 e. The molecule has 0 aliphatic heterocycles. The van der Waals surface area contributed by atoms with Gasteiger partial charge in [-0.05, 0) is 24.5 Å². The number of rotatable bonds is 6. The van der Waals surface area contributed by atoms with Crippen molar-refractivity contribution in [3.05, 3.63) is 34.9 Å². The van der Waals surface area contributed by atoms with E-state index in [0.29, 0.717) is 12.0 Å². The van der Waals surface area contributed by atoms with E-state index in [4.69, 9.17) is 9.84 Å². The summed E-state index contributed by atoms with van der Waals surface area (Å²) < 4.78 is 31.7. The Labute approximate surface area is 98.0 Å². The molecule has 0 atom stereocenters. The summed E-state index contributed by atoms with van der Waals surface area (Å²) in [5.41, 5.74) is 0.208. The molecule has 0 bridgehead atoms. The van der Waals surface area contributed by atoms with E-state index >= 15 is 0 Å². The number of benzene rings is 1. The number of aryl methyl sites for hydroxylation is 1. The number of hydrogen-bond acceptors (Lipinski definition) is 2. The molecule has 3 nitrogen and oxygen atoms in total. The molecule has 1 aromatic rings. The minimum absolute atomic E-state index is 0.0313. The van der Waals surface area contributed by atoms with Crippen LogP contribution in [-0.4, -0.2) is 18.2 Å². The summed E-state index contributed by atoms with van der Waals surface area (Å²) in [7, 11) is 1.36. The maximum Gasteiger partial charge on any atom is 0.303 e. The third-order valence-electron chi connectivity index (χ3n) is 2.39. The van der Waals surface area contributed by atoms with Crippen molar-refractivity contribution >= 4 is 5.97 Å². The van der Waals surface area contributed by atoms with E-state index in [-0.39, 0.29) is 25.0 Å². The maximum atomic E-state index is 13.8. The fraction of sp³-hybridized carbons (Fsp3) is 0.417. The number of carboxylic acids is 1. The number of halogens is 2. The second kappa shape index (κ2) is 6.30. The number of hydrogen-bond donors (Lipinski definition) is 1. The first-order chi connectivity index (χ1) is 8.06. The lowest BCUT2D eigenvalue weighted by Gasteiger charge is -2.08. The molecular weight excluding hydrogens is 230 g/mol. The van der Waals surface area contributed by atoms with Crippen LogP contribution in [-0.2, 0) is 22.6 Å². The molecule has 0 aromatic heterocycles. The van der Waals surface area contributed by atoms with Gasteiger partial charge in [-0.15, -0.1) is 0 Å². The van der Waals surface area contributed by atoms with Gasteiger partial charge in [-0.2, -0.15) is 0 Å². The number of methoxy groups -OCH3 is 1. The second-order valence-electron chi connectivity index (χ2n) is 3.68. The predicted octanol–water partition coefficient (Wildman–Crippen LogP) is 2.52. The van der Waals surface area contributed by atoms with Crippen molar-refractivity contribution < 1.29 is 23.4 Å². The molecule has 0 fully saturated rings. The monoisotopic (exact) mass is 244 g/mol. The lowest BCUT2D eigenvalue weighted by molar-refractivity contribution is -0.137. The Kier molecular flexibility index (Phi) is 5.03. The van der Waals surface area contributed by atoms with Crippen LogP contribution in [0.4, 0.5) is 8.78 Å². The average molecular weight is 244 g/mol. The Morgan fingerprint density at radius 3 is 2.71 bits per heavy atom. The summed E-state index contributed by atoms with van der Waals surface area (Å²) in [5.74, 6) is -2.21. The van der Waals surface area contributed by atoms with E-state index in [1.807, 2.05) is 0 Å². The fourth-order valence-electron chi connectivity index (χ4n) is 1.55. The third-order valence-corrected chi connectivity index (χ3v) is 2.39. The van der Waals surface area contributed by atoms with Crippen LogP contribution >= 0.6 is 0 Å². The summed E-state index contributed by atoms with van der Waals surface area (Å²) in [4.78, 5) is 10.3. The van der Waals surface area contributed by atoms with Gasteiger partial charge in [-0.3, -0.25) is 4.79 Å². The van der Waals surface area contributed by atoms with E-state index in [1.165, 1.54) is 19.2 Å². The molecule has 1 rings (SSSR count). The number of carboxylic acid groups (broad SMARTS) is 1. The molecule has 1 aromatic carbocycles. The fourth-order valence-corrected chi connectivity index (χ4v) is 1.55. The van der Waals surface area contributed by atoms with Gasteiger partial charge in [-0.25, -0.2) is 8.78 Å². The Morgan fingerprint density at radius 1 is 1.41 bits per heavy atom. The van der Waals surface area contributed by atoms with Gasteiger partial charge in [0.15, 0.2) is 0 Å². The normalized spacial score (nSPS) is 10.5. The lowest BCUT2D eigenvalue weighted by atomic mass is 10.0. The first-order valence-corrected chi connectivity index (χ1v) is 5.22. The lowest BCUT2D eigenvalue weighted by Crippen LogP contribution is -2.03. The summed E-state index contributed by atoms with van der Waals surface area (Å²) in [6.07, 6.45) is 0.565. The van der Waals surface area contributed by atoms with Crippen molar-refractivity contribution in [3.63, 3.8) is 0 Å². The Morgan fingerprint density at radius 2 is 2.12 bits per heavy atom. The van der Waals surface area contributed by atoms with Gasteiger partial charge in [-0.1, -0.05) is 6.07 Å². The maximum absolute atomic E-state index is 13.8. The first kappa shape index (κ1) is 13.6. The van der Waals surface area contributed by atoms with E-state index in [1.54, 1.807) is 0 Å². The van der Waals surface area contributed by atoms with Crippen molar-refractivity contribution in [1.29, 1.82) is 0 Å². The number of aliphatic carboxylic acids is 1. The highest BCUT2D eigenvalue weighted by molar-refractivity contribution is 5.66. The molecule has 0 unspecified atom stereocenters. The van der Waals surface area contributed by atoms with Crippen LogP contribution in [0.25, 0.3) is 0 Å². The highest BCUT2D eigenvalue weighted by Gasteiger charge is 2.13. The Balaban J connectivity index is 2.79. The zero-order valence-electron chi connectivity index (χ0n) is 9.50. The topological polar surface area (TPSA) is 46.5 Å². The number of carbonyl (C=O) groups is 1. The van der Waals surface area contributed by atoms with Gasteiger partial charge in [0.1, 0.15) is 11.6 Å². The molecule has 0 heterocycles. The standard InChI is InChI=1S/C12H14F2O3/c1-17-7-9-10(13)6-5-8(12(9)14)3-2-4-11(15)16/h5-6H,2-4,7H2,1H3,(H,15,16). The molecule has 0 aliphatic carbocycles. The van der Waals surface area contributed by atoms with E-state index in [9.17, 15) is 13.6 Å². The smallest absolute Gasteiger partial charge is 0.303 e. The van der Waals surface area contributed by atoms with Crippen molar-refractivity contribution in [3.8, 4) is 0 Å². The molecule has 0 aliphatic rings. The predicted molar refractivity (Wildman–Crippen MR) is 57.6 cm³/mol. The molecule has 17 heavy (non-hydrogen) atoms. The van der Waals surface area contributed by atoms with E-state index < -0.39 is 17.6 Å². The molecule has 0 spiro atoms. The molecular formula is C12H14F2O3. The molecule has 5 heteroatoms. The first-order valence-electron chi connectivity index (χ1n) is 5.22. The molecule has 0 radical (unpaired) electrons. The minimum Gasteiger partial charge on any atom is -0.481 e. The van der Waals surface area contributed by atoms with Gasteiger partial charge in [0.2, 0.25) is 0 Å². The summed E-state index contributed by atoms with van der Waals surface area (Å²) >= 11 is 0. The highest BCUT2D eigenvalue weighted by atomic mass is 19.1. The van der Waals surface area contributed by atoms with Gasteiger partial charge in [0.25, 0.3) is 0 Å². The van der Waals surface area contributed by atoms with Gasteiger partial charge in [0.05, 0.1) is 6.61 Å². The van der Waals surface area contributed by atoms with Crippen molar-refractivity contribution in [2.45, 2.75) is 25.9 Å². The van der Waals surface area contributed by atoms with Gasteiger partial charge in [0, 0.05) is 19.1 Å². The highest BCUT2D eigenvalue weighted by Crippen LogP contribution is 2.19. The van der Waals surface area contributed by atoms with Crippen LogP contribution in [0.2, 0.25) is 0 Å². The molecule has 0 saturated heterocycles. The van der Waals surface area contributed by atoms with Gasteiger partial charge < -0.3 is 9.84 Å². The molecule has 0 saturated carbocycles. The summed E-state index contributed by atoms with van der Waals surface area (Å²) in [5, 5.41) is 8.47. The van der Waals surface area contributed by atoms with Crippen LogP contribution in [0.15, 0.2) is 12.1 Å². The Hall–Kier alpha value is -1.49. The van der Waals surface area contributed by atoms with Crippen molar-refractivity contribution in [2.24, 2.45) is 0 Å². The van der Waals surface area contributed by atoms with Crippen molar-refractivity contribution in [2.75, 3.05) is 7.11 Å². The van der Waals surface area contributed by atoms with Gasteiger partial charge >= 0.3 is 5.97 Å². The van der Waals surface area contributed by atoms with Crippen molar-refractivity contribution in [1.82, 2.24) is 0 Å². The Bertz CT molecular complexity index is 405. The molecule has 0 amide bonds. The van der Waals surface area contributed by atoms with E-state index in [2.05, 4.69) is 0 Å². The average Bonchev–Trinajstić information content (AvgIpc) is 2.27. The van der Waals surface area contributed by atoms with Crippen LogP contribution in [0.1, 0.15) is 24.0 Å². The molecule has 94 valence electrons. The quantitative estimate of drug-likeness (QED) is 0.836. The minimum atomic E-state index is -0.926. The van der Waals surface area contributed by atoms with Crippen LogP contribution in [0, 0.1) is 11.6 Å². The third kappa shape index (κ3) is 3.78. The van der Waals surface area contributed by atoms with Crippen LogP contribution in [0.3, 0.4) is 0 Å². The van der Waals surface area contributed by atoms with Crippen LogP contribution < -0.4 is 0 Å². The SMILES string of the molecule is COCc1c(F)ccc(CCCC(=O)O)c1F. The zero-order valence-corrected chi connectivity index (χ0v) is 9.50. The summed E-state index contributed by atoms with van der Waals surface area (Å²) in [6.45, 7) is -0.134. The number of ether oxygens (including phenoxy) is 1. The van der Waals surface area contributed by atoms with Crippen LogP contribution in [0.5, 0.6) is 0 Å². The van der Waals surface area contributed by atoms with E-state index in [0.717, 1.165) is 0 Å². The second-order valence-corrected chi connectivity index (χ2v) is 3.68. The molecule has 1 N–H and O–H groups in total.